The molecule has 8 heteroatoms. The lowest BCUT2D eigenvalue weighted by Gasteiger charge is -2.08. The number of nitrogens with zero attached hydrogens (tertiary/aromatic N) is 3. The van der Waals surface area contributed by atoms with Gasteiger partial charge in [-0.05, 0) is 42.5 Å². The van der Waals surface area contributed by atoms with E-state index >= 15 is 0 Å². The predicted molar refractivity (Wildman–Crippen MR) is 90.8 cm³/mol. The van der Waals surface area contributed by atoms with Crippen molar-refractivity contribution in [1.29, 1.82) is 0 Å². The van der Waals surface area contributed by atoms with E-state index in [4.69, 9.17) is 16.3 Å². The zero-order valence-electron chi connectivity index (χ0n) is 12.6. The Morgan fingerprint density at radius 2 is 1.79 bits per heavy atom. The van der Waals surface area contributed by atoms with Crippen molar-refractivity contribution in [3.63, 3.8) is 0 Å². The van der Waals surface area contributed by atoms with Gasteiger partial charge in [0.2, 0.25) is 5.95 Å². The summed E-state index contributed by atoms with van der Waals surface area (Å²) in [6, 6.07) is 11.6. The average Bonchev–Trinajstić information content (AvgIpc) is 2.59. The molecule has 0 fully saturated rings. The Balaban J connectivity index is 1.74. The van der Waals surface area contributed by atoms with Crippen LogP contribution in [0.25, 0.3) is 0 Å². The van der Waals surface area contributed by atoms with Gasteiger partial charge in [-0.3, -0.25) is 0 Å². The topological polar surface area (TPSA) is 72.0 Å². The maximum atomic E-state index is 13.2. The van der Waals surface area contributed by atoms with Crippen LogP contribution in [-0.4, -0.2) is 22.3 Å². The molecule has 24 heavy (non-hydrogen) atoms. The van der Waals surface area contributed by atoms with Gasteiger partial charge in [-0.1, -0.05) is 11.6 Å². The Bertz CT molecular complexity index is 844. The monoisotopic (exact) mass is 345 g/mol. The lowest BCUT2D eigenvalue weighted by Crippen LogP contribution is -2.02. The molecule has 0 atom stereocenters. The molecule has 3 aromatic rings. The maximum Gasteiger partial charge on any atom is 0.249 e. The van der Waals surface area contributed by atoms with Crippen LogP contribution in [0.5, 0.6) is 5.75 Å². The van der Waals surface area contributed by atoms with Crippen LogP contribution in [0.4, 0.5) is 27.5 Å². The molecule has 0 radical (unpaired) electrons. The van der Waals surface area contributed by atoms with Crippen molar-refractivity contribution in [3.8, 4) is 5.75 Å². The van der Waals surface area contributed by atoms with Crippen molar-refractivity contribution in [2.75, 3.05) is 17.7 Å². The molecule has 0 spiro atoms. The first kappa shape index (κ1) is 15.9. The van der Waals surface area contributed by atoms with Crippen molar-refractivity contribution >= 4 is 34.7 Å². The summed E-state index contributed by atoms with van der Waals surface area (Å²) in [4.78, 5) is 4.29. The van der Waals surface area contributed by atoms with E-state index in [9.17, 15) is 4.39 Å². The van der Waals surface area contributed by atoms with E-state index in [2.05, 4.69) is 25.8 Å². The molecule has 3 rings (SSSR count). The minimum Gasteiger partial charge on any atom is -0.497 e. The maximum absolute atomic E-state index is 13.2. The average molecular weight is 346 g/mol. The highest BCUT2D eigenvalue weighted by Gasteiger charge is 2.05. The fourth-order valence-corrected chi connectivity index (χ4v) is 2.12. The summed E-state index contributed by atoms with van der Waals surface area (Å²) >= 11 is 5.75. The van der Waals surface area contributed by atoms with Crippen LogP contribution in [0.1, 0.15) is 0 Å². The smallest absolute Gasteiger partial charge is 0.249 e. The summed E-state index contributed by atoms with van der Waals surface area (Å²) in [6.07, 6.45) is 1.49. The number of rotatable bonds is 5. The first-order valence-corrected chi connectivity index (χ1v) is 7.35. The van der Waals surface area contributed by atoms with Crippen LogP contribution >= 0.6 is 11.6 Å². The third-order valence-corrected chi connectivity index (χ3v) is 3.39. The number of benzene rings is 2. The number of hydrogen-bond donors (Lipinski definition) is 2. The van der Waals surface area contributed by atoms with Gasteiger partial charge < -0.3 is 15.4 Å². The number of anilines is 4. The molecule has 0 unspecified atom stereocenters. The lowest BCUT2D eigenvalue weighted by atomic mass is 10.3. The number of hydrogen-bond acceptors (Lipinski definition) is 6. The van der Waals surface area contributed by atoms with Gasteiger partial charge in [0.05, 0.1) is 18.3 Å². The molecule has 6 nitrogen and oxygen atoms in total. The third kappa shape index (κ3) is 3.88. The zero-order chi connectivity index (χ0) is 16.9. The Labute approximate surface area is 142 Å². The molecular weight excluding hydrogens is 333 g/mol. The Kier molecular flexibility index (Phi) is 4.72. The van der Waals surface area contributed by atoms with Gasteiger partial charge in [-0.15, -0.1) is 5.10 Å². The van der Waals surface area contributed by atoms with Gasteiger partial charge in [0.1, 0.15) is 11.6 Å². The van der Waals surface area contributed by atoms with E-state index in [-0.39, 0.29) is 11.0 Å². The van der Waals surface area contributed by atoms with Gasteiger partial charge in [0.25, 0.3) is 0 Å². The van der Waals surface area contributed by atoms with Crippen LogP contribution in [-0.2, 0) is 0 Å². The van der Waals surface area contributed by atoms with Crippen molar-refractivity contribution in [1.82, 2.24) is 15.2 Å². The zero-order valence-corrected chi connectivity index (χ0v) is 13.4. The van der Waals surface area contributed by atoms with Crippen LogP contribution in [0.2, 0.25) is 5.02 Å². The van der Waals surface area contributed by atoms with Crippen molar-refractivity contribution in [2.24, 2.45) is 0 Å². The van der Waals surface area contributed by atoms with E-state index < -0.39 is 5.82 Å². The molecule has 1 aromatic heterocycles. The van der Waals surface area contributed by atoms with Gasteiger partial charge in [0, 0.05) is 11.4 Å². The molecule has 0 aliphatic carbocycles. The van der Waals surface area contributed by atoms with Crippen LogP contribution in [0, 0.1) is 5.82 Å². The molecule has 0 aliphatic rings. The van der Waals surface area contributed by atoms with Crippen molar-refractivity contribution in [2.45, 2.75) is 0 Å². The molecule has 0 saturated carbocycles. The molecule has 1 heterocycles. The Hall–Kier alpha value is -2.93. The first-order valence-electron chi connectivity index (χ1n) is 6.97. The summed E-state index contributed by atoms with van der Waals surface area (Å²) in [5, 5.41) is 13.8. The highest BCUT2D eigenvalue weighted by molar-refractivity contribution is 6.31. The molecule has 0 bridgehead atoms. The number of methoxy groups -OCH3 is 1. The summed E-state index contributed by atoms with van der Waals surface area (Å²) < 4.78 is 18.3. The van der Waals surface area contributed by atoms with E-state index in [1.54, 1.807) is 7.11 Å². The quantitative estimate of drug-likeness (QED) is 0.723. The number of aromatic nitrogens is 3. The number of ether oxygens (including phenoxy) is 1. The van der Waals surface area contributed by atoms with E-state index in [0.29, 0.717) is 11.5 Å². The SMILES string of the molecule is COc1ccc(Nc2cnnc(Nc3ccc(F)c(Cl)c3)n2)cc1. The first-order chi connectivity index (χ1) is 11.6. The molecular formula is C16H13ClFN5O. The summed E-state index contributed by atoms with van der Waals surface area (Å²) in [5.41, 5.74) is 1.39. The molecule has 0 aliphatic heterocycles. The molecule has 2 N–H and O–H groups in total. The van der Waals surface area contributed by atoms with Crippen molar-refractivity contribution in [3.05, 3.63) is 59.5 Å². The fraction of sp³-hybridized carbons (Fsp3) is 0.0625. The summed E-state index contributed by atoms with van der Waals surface area (Å²) in [5.74, 6) is 1.04. The highest BCUT2D eigenvalue weighted by Crippen LogP contribution is 2.22. The van der Waals surface area contributed by atoms with Gasteiger partial charge >= 0.3 is 0 Å². The second-order valence-corrected chi connectivity index (χ2v) is 5.18. The number of halogens is 2. The molecule has 0 saturated heterocycles. The van der Waals surface area contributed by atoms with E-state index in [1.807, 2.05) is 24.3 Å². The van der Waals surface area contributed by atoms with Crippen molar-refractivity contribution < 1.29 is 9.13 Å². The third-order valence-electron chi connectivity index (χ3n) is 3.10. The minimum absolute atomic E-state index is 0.0143. The summed E-state index contributed by atoms with van der Waals surface area (Å²) in [7, 11) is 1.61. The Morgan fingerprint density at radius 3 is 2.50 bits per heavy atom. The van der Waals surface area contributed by atoms with Crippen LogP contribution in [0.3, 0.4) is 0 Å². The van der Waals surface area contributed by atoms with E-state index in [1.165, 1.54) is 24.4 Å². The van der Waals surface area contributed by atoms with Gasteiger partial charge in [-0.25, -0.2) is 4.39 Å². The van der Waals surface area contributed by atoms with Gasteiger partial charge in [-0.2, -0.15) is 10.1 Å². The van der Waals surface area contributed by atoms with E-state index in [0.717, 1.165) is 11.4 Å². The largest absolute Gasteiger partial charge is 0.497 e. The summed E-state index contributed by atoms with van der Waals surface area (Å²) in [6.45, 7) is 0. The lowest BCUT2D eigenvalue weighted by molar-refractivity contribution is 0.415. The standard InChI is InChI=1S/C16H13ClFN5O/c1-24-12-5-2-10(3-6-12)20-15-9-19-23-16(22-15)21-11-4-7-14(18)13(17)8-11/h2-9H,1H3,(H2,20,21,22,23). The second kappa shape index (κ2) is 7.10. The molecule has 0 amide bonds. The highest BCUT2D eigenvalue weighted by atomic mass is 35.5. The number of nitrogens with one attached hydrogen (secondary N) is 2. The Morgan fingerprint density at radius 1 is 1.04 bits per heavy atom. The fourth-order valence-electron chi connectivity index (χ4n) is 1.94. The molecule has 2 aromatic carbocycles. The molecule has 122 valence electrons. The normalized spacial score (nSPS) is 10.3. The van der Waals surface area contributed by atoms with Gasteiger partial charge in [0.15, 0.2) is 5.82 Å². The minimum atomic E-state index is -0.490. The van der Waals surface area contributed by atoms with Crippen LogP contribution < -0.4 is 15.4 Å². The second-order valence-electron chi connectivity index (χ2n) is 4.77. The van der Waals surface area contributed by atoms with Crippen LogP contribution in [0.15, 0.2) is 48.7 Å². The predicted octanol–water partition coefficient (Wildman–Crippen LogP) is 4.16.